The van der Waals surface area contributed by atoms with E-state index in [4.69, 9.17) is 0 Å². The highest BCUT2D eigenvalue weighted by molar-refractivity contribution is 6.14. The normalized spacial score (nSPS) is 11.7. The Kier molecular flexibility index (Phi) is 9.67. The third-order valence-corrected chi connectivity index (χ3v) is 13.2. The topological polar surface area (TPSA) is 33.6 Å². The molecule has 0 radical (unpaired) electrons. The molecule has 2 aromatic heterocycles. The molecule has 0 saturated heterocycles. The van der Waals surface area contributed by atoms with Crippen LogP contribution in [0.25, 0.3) is 111 Å². The number of nitrogens with zero attached hydrogens (tertiary/aromatic N) is 3. The van der Waals surface area contributed by atoms with Gasteiger partial charge in [-0.15, -0.1) is 0 Å². The van der Waals surface area contributed by atoms with Crippen LogP contribution in [0, 0.1) is 11.3 Å². The van der Waals surface area contributed by atoms with Crippen molar-refractivity contribution in [1.29, 1.82) is 5.26 Å². The Bertz CT molecular complexity index is 3740. The predicted molar refractivity (Wildman–Crippen MR) is 272 cm³/mol. The first-order valence-corrected chi connectivity index (χ1v) is 22.5. The summed E-state index contributed by atoms with van der Waals surface area (Å²) in [5, 5.41) is 14.2. The SMILES string of the molecule is N#Cc1ccc(-n2c3ccc(-c4ccccc4)cc3c3cc(-c4ccccc4)ccc32)c(-c2c(-n3c4ccc(-c5ccccc5)cc4c4cc(-c5ccccc5)ccc43)cccc2C(F)(F)F)c1. The lowest BCUT2D eigenvalue weighted by Gasteiger charge is -2.22. The van der Waals surface area contributed by atoms with Crippen molar-refractivity contribution in [3.8, 4) is 73.1 Å². The van der Waals surface area contributed by atoms with Crippen LogP contribution in [0.1, 0.15) is 11.1 Å². The fourth-order valence-corrected chi connectivity index (χ4v) is 10.1. The van der Waals surface area contributed by atoms with E-state index in [1.54, 1.807) is 24.3 Å². The first kappa shape index (κ1) is 40.6. The van der Waals surface area contributed by atoms with Crippen LogP contribution in [0.4, 0.5) is 13.2 Å². The van der Waals surface area contributed by atoms with Crippen LogP contribution < -0.4 is 0 Å². The molecule has 68 heavy (non-hydrogen) atoms. The molecule has 322 valence electrons. The molecule has 0 atom stereocenters. The zero-order valence-electron chi connectivity index (χ0n) is 36.4. The second kappa shape index (κ2) is 16.2. The summed E-state index contributed by atoms with van der Waals surface area (Å²) >= 11 is 0. The minimum Gasteiger partial charge on any atom is -0.309 e. The lowest BCUT2D eigenvalue weighted by Crippen LogP contribution is -2.11. The zero-order chi connectivity index (χ0) is 45.9. The Morgan fingerprint density at radius 1 is 0.338 bits per heavy atom. The van der Waals surface area contributed by atoms with E-state index in [9.17, 15) is 5.26 Å². The lowest BCUT2D eigenvalue weighted by molar-refractivity contribution is -0.137. The van der Waals surface area contributed by atoms with Crippen molar-refractivity contribution in [2.75, 3.05) is 0 Å². The molecule has 0 spiro atoms. The third-order valence-electron chi connectivity index (χ3n) is 13.2. The maximum atomic E-state index is 16.0. The minimum absolute atomic E-state index is 0.0259. The minimum atomic E-state index is -4.76. The molecule has 3 nitrogen and oxygen atoms in total. The van der Waals surface area contributed by atoms with Gasteiger partial charge in [-0.05, 0) is 123 Å². The Morgan fingerprint density at radius 3 is 1.06 bits per heavy atom. The molecule has 0 fully saturated rings. The fourth-order valence-electron chi connectivity index (χ4n) is 10.1. The van der Waals surface area contributed by atoms with Crippen molar-refractivity contribution in [3.63, 3.8) is 0 Å². The molecule has 0 bridgehead atoms. The Morgan fingerprint density at radius 2 is 0.706 bits per heavy atom. The summed E-state index contributed by atoms with van der Waals surface area (Å²) in [5.74, 6) is 0. The molecule has 0 aliphatic carbocycles. The molecule has 0 saturated carbocycles. The molecule has 0 unspecified atom stereocenters. The molecule has 12 aromatic rings. The van der Waals surface area contributed by atoms with Crippen molar-refractivity contribution in [2.45, 2.75) is 6.18 Å². The van der Waals surface area contributed by atoms with Gasteiger partial charge in [0.1, 0.15) is 0 Å². The van der Waals surface area contributed by atoms with Gasteiger partial charge < -0.3 is 9.13 Å². The van der Waals surface area contributed by atoms with Crippen LogP contribution >= 0.6 is 0 Å². The molecule has 0 aliphatic heterocycles. The number of benzene rings is 10. The number of fused-ring (bicyclic) bond motifs is 6. The highest BCUT2D eigenvalue weighted by Crippen LogP contribution is 2.48. The standard InChI is InChI=1S/C62H38F3N3/c63-62(64,65)54-22-13-23-60(68-57-32-27-47(43-18-9-3-10-19-43)37-51(57)52-38-48(28-33-58(52)68)44-20-11-4-12-21-44)61(54)53-34-40(39-66)24-29-59(53)67-55-30-25-45(41-14-5-1-6-15-41)35-49(55)50-36-46(26-31-56(50)67)42-16-7-2-8-17-42/h1-38H. The Hall–Kier alpha value is -8.92. The van der Waals surface area contributed by atoms with E-state index in [1.165, 1.54) is 6.07 Å². The van der Waals surface area contributed by atoms with Crippen LogP contribution in [-0.4, -0.2) is 9.13 Å². The highest BCUT2D eigenvalue weighted by atomic mass is 19.4. The lowest BCUT2D eigenvalue weighted by atomic mass is 9.93. The van der Waals surface area contributed by atoms with E-state index in [-0.39, 0.29) is 16.7 Å². The maximum Gasteiger partial charge on any atom is 0.417 e. The molecule has 2 heterocycles. The monoisotopic (exact) mass is 881 g/mol. The number of alkyl halides is 3. The number of halogens is 3. The van der Waals surface area contributed by atoms with Gasteiger partial charge in [0.15, 0.2) is 0 Å². The number of nitriles is 1. The average Bonchev–Trinajstić information content (AvgIpc) is 3.90. The van der Waals surface area contributed by atoms with Gasteiger partial charge in [-0.2, -0.15) is 18.4 Å². The van der Waals surface area contributed by atoms with Crippen LogP contribution in [-0.2, 0) is 6.18 Å². The zero-order valence-corrected chi connectivity index (χ0v) is 36.4. The fraction of sp³-hybridized carbons (Fsp3) is 0.0161. The van der Waals surface area contributed by atoms with Gasteiger partial charge in [0.05, 0.1) is 50.6 Å². The number of aromatic nitrogens is 2. The van der Waals surface area contributed by atoms with Crippen molar-refractivity contribution in [1.82, 2.24) is 9.13 Å². The summed E-state index contributed by atoms with van der Waals surface area (Å²) in [4.78, 5) is 0. The van der Waals surface area contributed by atoms with E-state index >= 15 is 13.2 Å². The first-order chi connectivity index (χ1) is 33.3. The Balaban J connectivity index is 1.17. The molecular weight excluding hydrogens is 844 g/mol. The van der Waals surface area contributed by atoms with Gasteiger partial charge in [-0.25, -0.2) is 0 Å². The quantitative estimate of drug-likeness (QED) is 0.157. The van der Waals surface area contributed by atoms with E-state index < -0.39 is 11.7 Å². The van der Waals surface area contributed by atoms with Gasteiger partial charge >= 0.3 is 6.18 Å². The smallest absolute Gasteiger partial charge is 0.309 e. The molecule has 10 aromatic carbocycles. The predicted octanol–water partition coefficient (Wildman–Crippen LogP) is 17.1. The van der Waals surface area contributed by atoms with Crippen LogP contribution in [0.5, 0.6) is 0 Å². The second-order valence-corrected chi connectivity index (χ2v) is 17.1. The van der Waals surface area contributed by atoms with Crippen molar-refractivity contribution >= 4 is 43.6 Å². The molecule has 0 amide bonds. The Labute approximate surface area is 390 Å². The highest BCUT2D eigenvalue weighted by Gasteiger charge is 2.36. The van der Waals surface area contributed by atoms with E-state index in [0.717, 1.165) is 94.2 Å². The summed E-state index contributed by atoms with van der Waals surface area (Å²) in [5.41, 5.74) is 11.9. The summed E-state index contributed by atoms with van der Waals surface area (Å²) in [6, 6.07) is 77.2. The summed E-state index contributed by atoms with van der Waals surface area (Å²) in [7, 11) is 0. The van der Waals surface area contributed by atoms with Gasteiger partial charge in [0, 0.05) is 32.7 Å². The number of hydrogen-bond acceptors (Lipinski definition) is 1. The van der Waals surface area contributed by atoms with Crippen LogP contribution in [0.3, 0.4) is 0 Å². The van der Waals surface area contributed by atoms with Gasteiger partial charge in [-0.3, -0.25) is 0 Å². The van der Waals surface area contributed by atoms with Gasteiger partial charge in [0.25, 0.3) is 0 Å². The molecule has 0 aliphatic rings. The second-order valence-electron chi connectivity index (χ2n) is 17.1. The van der Waals surface area contributed by atoms with E-state index in [1.807, 2.05) is 102 Å². The van der Waals surface area contributed by atoms with Crippen molar-refractivity contribution in [3.05, 3.63) is 242 Å². The summed E-state index contributed by atoms with van der Waals surface area (Å²) < 4.78 is 51.9. The van der Waals surface area contributed by atoms with Gasteiger partial charge in [-0.1, -0.05) is 152 Å². The van der Waals surface area contributed by atoms with Crippen molar-refractivity contribution < 1.29 is 13.2 Å². The molecular formula is C62H38F3N3. The number of rotatable bonds is 7. The third kappa shape index (κ3) is 6.83. The largest absolute Gasteiger partial charge is 0.417 e. The van der Waals surface area contributed by atoms with E-state index in [0.29, 0.717) is 11.4 Å². The molecule has 6 heteroatoms. The molecule has 0 N–H and O–H groups in total. The molecule has 12 rings (SSSR count). The summed E-state index contributed by atoms with van der Waals surface area (Å²) in [6.07, 6.45) is -4.76. The van der Waals surface area contributed by atoms with Crippen molar-refractivity contribution in [2.24, 2.45) is 0 Å². The summed E-state index contributed by atoms with van der Waals surface area (Å²) in [6.45, 7) is 0. The van der Waals surface area contributed by atoms with Crippen LogP contribution in [0.2, 0.25) is 0 Å². The van der Waals surface area contributed by atoms with Gasteiger partial charge in [0.2, 0.25) is 0 Å². The first-order valence-electron chi connectivity index (χ1n) is 22.5. The number of hydrogen-bond donors (Lipinski definition) is 0. The van der Waals surface area contributed by atoms with E-state index in [2.05, 4.69) is 108 Å². The maximum absolute atomic E-state index is 16.0. The average molecular weight is 882 g/mol. The van der Waals surface area contributed by atoms with Crippen LogP contribution in [0.15, 0.2) is 231 Å².